The number of urea groups is 1. The summed E-state index contributed by atoms with van der Waals surface area (Å²) in [5, 5.41) is 5.62. The van der Waals surface area contributed by atoms with Crippen LogP contribution < -0.4 is 10.6 Å². The first-order chi connectivity index (χ1) is 12.2. The quantitative estimate of drug-likeness (QED) is 0.773. The lowest BCUT2D eigenvalue weighted by Crippen LogP contribution is -2.40. The largest absolute Gasteiger partial charge is 0.376 e. The van der Waals surface area contributed by atoms with Crippen molar-refractivity contribution in [1.29, 1.82) is 0 Å². The van der Waals surface area contributed by atoms with Crippen LogP contribution in [0, 0.1) is 0 Å². The Morgan fingerprint density at radius 3 is 2.84 bits per heavy atom. The SMILES string of the molecule is O=C(NCCCC(=O)N1CCc2ccccc2C1)NCC1CCCO1. The molecular formula is C19H27N3O3. The number of carbonyl (C=O) groups excluding carboxylic acids is 2. The van der Waals surface area contributed by atoms with Crippen LogP contribution in [0.5, 0.6) is 0 Å². The third-order valence-electron chi connectivity index (χ3n) is 4.85. The van der Waals surface area contributed by atoms with Crippen molar-refractivity contribution in [1.82, 2.24) is 15.5 Å². The van der Waals surface area contributed by atoms with E-state index in [-0.39, 0.29) is 18.0 Å². The van der Waals surface area contributed by atoms with Crippen LogP contribution in [0.3, 0.4) is 0 Å². The van der Waals surface area contributed by atoms with E-state index in [9.17, 15) is 9.59 Å². The second kappa shape index (κ2) is 8.85. The first-order valence-corrected chi connectivity index (χ1v) is 9.20. The second-order valence-corrected chi connectivity index (χ2v) is 6.71. The molecule has 1 aromatic carbocycles. The van der Waals surface area contributed by atoms with Gasteiger partial charge in [0, 0.05) is 39.2 Å². The van der Waals surface area contributed by atoms with Gasteiger partial charge in [-0.2, -0.15) is 0 Å². The van der Waals surface area contributed by atoms with Crippen molar-refractivity contribution in [2.24, 2.45) is 0 Å². The highest BCUT2D eigenvalue weighted by Crippen LogP contribution is 2.19. The molecule has 1 fully saturated rings. The lowest BCUT2D eigenvalue weighted by molar-refractivity contribution is -0.132. The minimum Gasteiger partial charge on any atom is -0.376 e. The zero-order valence-electron chi connectivity index (χ0n) is 14.6. The highest BCUT2D eigenvalue weighted by atomic mass is 16.5. The van der Waals surface area contributed by atoms with Gasteiger partial charge >= 0.3 is 6.03 Å². The zero-order valence-corrected chi connectivity index (χ0v) is 14.6. The minimum atomic E-state index is -0.185. The molecule has 2 aliphatic rings. The average Bonchev–Trinajstić information content (AvgIpc) is 3.16. The van der Waals surface area contributed by atoms with Crippen LogP contribution in [-0.2, 0) is 22.5 Å². The normalized spacial score (nSPS) is 19.4. The molecular weight excluding hydrogens is 318 g/mol. The van der Waals surface area contributed by atoms with Crippen LogP contribution in [0.15, 0.2) is 24.3 Å². The average molecular weight is 345 g/mol. The van der Waals surface area contributed by atoms with Crippen molar-refractivity contribution in [3.63, 3.8) is 0 Å². The summed E-state index contributed by atoms with van der Waals surface area (Å²) in [6.07, 6.45) is 4.27. The number of hydrogen-bond donors (Lipinski definition) is 2. The third-order valence-corrected chi connectivity index (χ3v) is 4.85. The molecule has 0 aliphatic carbocycles. The summed E-state index contributed by atoms with van der Waals surface area (Å²) in [5.74, 6) is 0.163. The van der Waals surface area contributed by atoms with Crippen LogP contribution in [0.4, 0.5) is 4.79 Å². The van der Waals surface area contributed by atoms with Crippen molar-refractivity contribution in [2.45, 2.75) is 44.8 Å². The van der Waals surface area contributed by atoms with E-state index < -0.39 is 0 Å². The number of nitrogens with zero attached hydrogens (tertiary/aromatic N) is 1. The lowest BCUT2D eigenvalue weighted by Gasteiger charge is -2.29. The smallest absolute Gasteiger partial charge is 0.314 e. The maximum atomic E-state index is 12.3. The van der Waals surface area contributed by atoms with E-state index in [1.54, 1.807) is 0 Å². The fraction of sp³-hybridized carbons (Fsp3) is 0.579. The van der Waals surface area contributed by atoms with Gasteiger partial charge in [0.15, 0.2) is 0 Å². The maximum Gasteiger partial charge on any atom is 0.314 e. The summed E-state index contributed by atoms with van der Waals surface area (Å²) in [7, 11) is 0. The molecule has 1 unspecified atom stereocenters. The van der Waals surface area contributed by atoms with Gasteiger partial charge in [0.1, 0.15) is 0 Å². The molecule has 2 aliphatic heterocycles. The van der Waals surface area contributed by atoms with Gasteiger partial charge in [0.25, 0.3) is 0 Å². The molecule has 6 heteroatoms. The summed E-state index contributed by atoms with van der Waals surface area (Å²) >= 11 is 0. The molecule has 25 heavy (non-hydrogen) atoms. The van der Waals surface area contributed by atoms with Crippen molar-refractivity contribution < 1.29 is 14.3 Å². The molecule has 0 saturated carbocycles. The fourth-order valence-corrected chi connectivity index (χ4v) is 3.38. The van der Waals surface area contributed by atoms with Crippen LogP contribution in [0.2, 0.25) is 0 Å². The van der Waals surface area contributed by atoms with E-state index in [0.29, 0.717) is 32.5 Å². The molecule has 6 nitrogen and oxygen atoms in total. The first-order valence-electron chi connectivity index (χ1n) is 9.20. The summed E-state index contributed by atoms with van der Waals surface area (Å²) in [6, 6.07) is 8.11. The Kier molecular flexibility index (Phi) is 6.28. The van der Waals surface area contributed by atoms with E-state index in [0.717, 1.165) is 32.4 Å². The summed E-state index contributed by atoms with van der Waals surface area (Å²) in [6.45, 7) is 3.33. The van der Waals surface area contributed by atoms with Crippen molar-refractivity contribution in [3.8, 4) is 0 Å². The van der Waals surface area contributed by atoms with Gasteiger partial charge in [-0.25, -0.2) is 4.79 Å². The second-order valence-electron chi connectivity index (χ2n) is 6.71. The fourth-order valence-electron chi connectivity index (χ4n) is 3.38. The maximum absolute atomic E-state index is 12.3. The number of amides is 3. The van der Waals surface area contributed by atoms with Crippen LogP contribution in [0.1, 0.15) is 36.8 Å². The van der Waals surface area contributed by atoms with Crippen molar-refractivity contribution in [3.05, 3.63) is 35.4 Å². The molecule has 3 amide bonds. The lowest BCUT2D eigenvalue weighted by atomic mass is 9.99. The van der Waals surface area contributed by atoms with Crippen molar-refractivity contribution in [2.75, 3.05) is 26.2 Å². The summed E-state index contributed by atoms with van der Waals surface area (Å²) < 4.78 is 5.46. The minimum absolute atomic E-state index is 0.148. The van der Waals surface area contributed by atoms with Gasteiger partial charge in [0.2, 0.25) is 5.91 Å². The van der Waals surface area contributed by atoms with E-state index in [4.69, 9.17) is 4.74 Å². The topological polar surface area (TPSA) is 70.7 Å². The Hall–Kier alpha value is -2.08. The van der Waals surface area contributed by atoms with Crippen LogP contribution in [-0.4, -0.2) is 49.2 Å². The number of nitrogens with one attached hydrogen (secondary N) is 2. The van der Waals surface area contributed by atoms with Gasteiger partial charge in [-0.1, -0.05) is 24.3 Å². The molecule has 3 rings (SSSR count). The number of rotatable bonds is 6. The first kappa shape index (κ1) is 17.7. The highest BCUT2D eigenvalue weighted by Gasteiger charge is 2.20. The summed E-state index contributed by atoms with van der Waals surface area (Å²) in [4.78, 5) is 26.0. The molecule has 0 aromatic heterocycles. The number of carbonyl (C=O) groups is 2. The molecule has 0 spiro atoms. The van der Waals surface area contributed by atoms with E-state index in [1.165, 1.54) is 11.1 Å². The van der Waals surface area contributed by atoms with E-state index >= 15 is 0 Å². The number of benzene rings is 1. The Bertz CT molecular complexity index is 599. The molecule has 136 valence electrons. The van der Waals surface area contributed by atoms with Crippen LogP contribution in [0.25, 0.3) is 0 Å². The van der Waals surface area contributed by atoms with Gasteiger partial charge < -0.3 is 20.3 Å². The van der Waals surface area contributed by atoms with Crippen LogP contribution >= 0.6 is 0 Å². The number of hydrogen-bond acceptors (Lipinski definition) is 3. The van der Waals surface area contributed by atoms with E-state index in [1.807, 2.05) is 17.0 Å². The monoisotopic (exact) mass is 345 g/mol. The molecule has 1 saturated heterocycles. The Morgan fingerprint density at radius 2 is 2.04 bits per heavy atom. The van der Waals surface area contributed by atoms with Gasteiger partial charge in [-0.15, -0.1) is 0 Å². The van der Waals surface area contributed by atoms with Gasteiger partial charge in [-0.3, -0.25) is 4.79 Å². The third kappa shape index (κ3) is 5.19. The number of ether oxygens (including phenoxy) is 1. The van der Waals surface area contributed by atoms with Gasteiger partial charge in [-0.05, 0) is 36.8 Å². The molecule has 2 N–H and O–H groups in total. The zero-order chi connectivity index (χ0) is 17.5. The van der Waals surface area contributed by atoms with E-state index in [2.05, 4.69) is 22.8 Å². The molecule has 1 atom stereocenters. The standard InChI is InChI=1S/C19H27N3O3/c23-18(22-11-9-15-5-1-2-6-16(15)14-22)8-3-10-20-19(24)21-13-17-7-4-12-25-17/h1-2,5-6,17H,3-4,7-14H2,(H2,20,21,24). The van der Waals surface area contributed by atoms with Gasteiger partial charge in [0.05, 0.1) is 6.10 Å². The predicted octanol–water partition coefficient (Wildman–Crippen LogP) is 1.83. The Labute approximate surface area is 148 Å². The Morgan fingerprint density at radius 1 is 1.20 bits per heavy atom. The molecule has 2 heterocycles. The van der Waals surface area contributed by atoms with Crippen molar-refractivity contribution >= 4 is 11.9 Å². The predicted molar refractivity (Wildman–Crippen MR) is 95.2 cm³/mol. The summed E-state index contributed by atoms with van der Waals surface area (Å²) in [5.41, 5.74) is 2.59. The highest BCUT2D eigenvalue weighted by molar-refractivity contribution is 5.77. The molecule has 1 aromatic rings. The Balaban J connectivity index is 1.30. The number of fused-ring (bicyclic) bond motifs is 1. The molecule has 0 radical (unpaired) electrons. The molecule has 0 bridgehead atoms.